The summed E-state index contributed by atoms with van der Waals surface area (Å²) in [6.45, 7) is 0. The van der Waals surface area contributed by atoms with Crippen molar-refractivity contribution in [3.05, 3.63) is 0 Å². The lowest BCUT2D eigenvalue weighted by Crippen LogP contribution is -1.81. The van der Waals surface area contributed by atoms with E-state index in [4.69, 9.17) is 6.42 Å². The summed E-state index contributed by atoms with van der Waals surface area (Å²) in [6.07, 6.45) is 6.71. The zero-order valence-corrected chi connectivity index (χ0v) is 5.64. The van der Waals surface area contributed by atoms with Crippen molar-refractivity contribution in [1.29, 1.82) is 0 Å². The molecule has 0 aromatic heterocycles. The van der Waals surface area contributed by atoms with Crippen molar-refractivity contribution in [2.24, 2.45) is 0 Å². The van der Waals surface area contributed by atoms with E-state index in [1.807, 2.05) is 6.11 Å². The normalized spacial score (nSPS) is 8.75. The monoisotopic (exact) mass is 134 g/mol. The highest BCUT2D eigenvalue weighted by Gasteiger charge is 2.04. The molecule has 0 aromatic rings. The molecule has 4 heteroatoms. The molecule has 0 bridgehead atoms. The van der Waals surface area contributed by atoms with Gasteiger partial charge in [0.15, 0.2) is 0 Å². The van der Waals surface area contributed by atoms with Gasteiger partial charge in [0.05, 0.1) is 0 Å². The molecule has 0 atom stereocenters. The van der Waals surface area contributed by atoms with Gasteiger partial charge in [-0.2, -0.15) is 0 Å². The predicted molar refractivity (Wildman–Crippen MR) is 30.9 cm³/mol. The van der Waals surface area contributed by atoms with E-state index in [0.717, 1.165) is 0 Å². The van der Waals surface area contributed by atoms with Crippen LogP contribution in [0.15, 0.2) is 0 Å². The molecule has 0 heterocycles. The highest BCUT2D eigenvalue weighted by atomic mass is 31.2. The molecule has 0 N–H and O–H groups in total. The molecule has 0 amide bonds. The van der Waals surface area contributed by atoms with E-state index in [2.05, 4.69) is 13.6 Å². The van der Waals surface area contributed by atoms with Crippen molar-refractivity contribution in [1.82, 2.24) is 0 Å². The molecule has 0 fully saturated rings. The van der Waals surface area contributed by atoms with Crippen molar-refractivity contribution in [2.75, 3.05) is 14.2 Å². The van der Waals surface area contributed by atoms with Crippen molar-refractivity contribution in [3.8, 4) is 12.5 Å². The van der Waals surface area contributed by atoms with Gasteiger partial charge < -0.3 is 13.6 Å². The van der Waals surface area contributed by atoms with Crippen molar-refractivity contribution < 1.29 is 13.6 Å². The summed E-state index contributed by atoms with van der Waals surface area (Å²) in [4.78, 5) is 0. The molecule has 0 radical (unpaired) electrons. The number of hydrogen-bond donors (Lipinski definition) is 0. The molecule has 8 heavy (non-hydrogen) atoms. The number of hydrogen-bond acceptors (Lipinski definition) is 3. The Bertz CT molecular complexity index is 83.8. The topological polar surface area (TPSA) is 27.7 Å². The number of terminal acetylenes is 1. The van der Waals surface area contributed by atoms with Crippen molar-refractivity contribution >= 4 is 8.60 Å². The van der Waals surface area contributed by atoms with Gasteiger partial charge in [-0.25, -0.2) is 0 Å². The Morgan fingerprint density at radius 1 is 1.38 bits per heavy atom. The summed E-state index contributed by atoms with van der Waals surface area (Å²) in [7, 11) is 1.64. The largest absolute Gasteiger partial charge is 0.405 e. The van der Waals surface area contributed by atoms with Crippen LogP contribution >= 0.6 is 8.60 Å². The Labute approximate surface area is 49.9 Å². The molecule has 0 aliphatic heterocycles. The molecule has 46 valence electrons. The van der Waals surface area contributed by atoms with Crippen LogP contribution in [0.3, 0.4) is 0 Å². The van der Waals surface area contributed by atoms with Crippen molar-refractivity contribution in [2.45, 2.75) is 0 Å². The summed E-state index contributed by atoms with van der Waals surface area (Å²) in [5.41, 5.74) is 0. The maximum Gasteiger partial charge on any atom is 0.405 e. The second kappa shape index (κ2) is 4.86. The minimum absolute atomic E-state index is 1.29. The van der Waals surface area contributed by atoms with E-state index < -0.39 is 8.60 Å². The van der Waals surface area contributed by atoms with Crippen LogP contribution in [0.1, 0.15) is 0 Å². The van der Waals surface area contributed by atoms with E-state index in [1.54, 1.807) is 0 Å². The highest BCUT2D eigenvalue weighted by molar-refractivity contribution is 7.41. The molecule has 0 aliphatic rings. The summed E-state index contributed by atoms with van der Waals surface area (Å²) < 4.78 is 13.7. The predicted octanol–water partition coefficient (Wildman–Crippen LogP) is 1.11. The molecule has 0 rings (SSSR count). The Morgan fingerprint density at radius 2 is 1.88 bits per heavy atom. The molecular formula is C4H7O3P. The lowest BCUT2D eigenvalue weighted by Gasteiger charge is -2.04. The first kappa shape index (κ1) is 7.71. The fourth-order valence-electron chi connectivity index (χ4n) is 0.192. The maximum atomic E-state index is 4.76. The summed E-state index contributed by atoms with van der Waals surface area (Å²) in [5, 5.41) is 0. The fraction of sp³-hybridized carbons (Fsp3) is 0.500. The quantitative estimate of drug-likeness (QED) is 0.427. The SMILES string of the molecule is C#COP(OC)OC. The van der Waals surface area contributed by atoms with Gasteiger partial charge in [0, 0.05) is 14.2 Å². The third kappa shape index (κ3) is 2.81. The number of rotatable bonds is 3. The van der Waals surface area contributed by atoms with E-state index in [-0.39, 0.29) is 0 Å². The minimum Gasteiger partial charge on any atom is -0.373 e. The van der Waals surface area contributed by atoms with Gasteiger partial charge in [0.1, 0.15) is 6.11 Å². The van der Waals surface area contributed by atoms with Crippen LogP contribution < -0.4 is 0 Å². The summed E-state index contributed by atoms with van der Waals surface area (Å²) in [6, 6.07) is 0. The van der Waals surface area contributed by atoms with Crippen LogP contribution in [-0.2, 0) is 13.6 Å². The highest BCUT2D eigenvalue weighted by Crippen LogP contribution is 2.36. The Morgan fingerprint density at radius 3 is 2.00 bits per heavy atom. The van der Waals surface area contributed by atoms with E-state index in [0.29, 0.717) is 0 Å². The zero-order chi connectivity index (χ0) is 6.41. The third-order valence-electron chi connectivity index (χ3n) is 0.425. The van der Waals surface area contributed by atoms with Gasteiger partial charge in [-0.15, -0.1) is 0 Å². The first-order valence-electron chi connectivity index (χ1n) is 1.86. The minimum atomic E-state index is -1.29. The van der Waals surface area contributed by atoms with Crippen LogP contribution in [0.2, 0.25) is 0 Å². The molecule has 0 unspecified atom stereocenters. The fourth-order valence-corrected chi connectivity index (χ4v) is 0.576. The second-order valence-electron chi connectivity index (χ2n) is 0.798. The standard InChI is InChI=1S/C4H7O3P/c1-4-7-8(5-2)6-3/h1H,2-3H3. The summed E-state index contributed by atoms with van der Waals surface area (Å²) >= 11 is 0. The molecule has 0 aliphatic carbocycles. The molecule has 0 aromatic carbocycles. The molecule has 0 saturated carbocycles. The zero-order valence-electron chi connectivity index (χ0n) is 4.75. The third-order valence-corrected chi connectivity index (χ3v) is 1.28. The van der Waals surface area contributed by atoms with Gasteiger partial charge in [-0.1, -0.05) is 6.42 Å². The molecular weight excluding hydrogens is 127 g/mol. The van der Waals surface area contributed by atoms with Crippen LogP contribution in [0.25, 0.3) is 0 Å². The van der Waals surface area contributed by atoms with Crippen LogP contribution in [0, 0.1) is 12.5 Å². The van der Waals surface area contributed by atoms with Gasteiger partial charge in [-0.3, -0.25) is 0 Å². The first-order valence-corrected chi connectivity index (χ1v) is 2.95. The second-order valence-corrected chi connectivity index (χ2v) is 2.16. The average Bonchev–Trinajstić information content (AvgIpc) is 1.83. The maximum absolute atomic E-state index is 4.76. The Kier molecular flexibility index (Phi) is 4.68. The van der Waals surface area contributed by atoms with Gasteiger partial charge in [-0.05, 0) is 0 Å². The first-order chi connectivity index (χ1) is 3.85. The summed E-state index contributed by atoms with van der Waals surface area (Å²) in [5.74, 6) is 0. The van der Waals surface area contributed by atoms with E-state index in [1.165, 1.54) is 14.2 Å². The van der Waals surface area contributed by atoms with Gasteiger partial charge in [0.2, 0.25) is 0 Å². The Hall–Kier alpha value is -0.290. The van der Waals surface area contributed by atoms with Gasteiger partial charge >= 0.3 is 8.60 Å². The van der Waals surface area contributed by atoms with Crippen LogP contribution in [0.4, 0.5) is 0 Å². The van der Waals surface area contributed by atoms with Crippen LogP contribution in [0.5, 0.6) is 0 Å². The average molecular weight is 134 g/mol. The van der Waals surface area contributed by atoms with Gasteiger partial charge in [0.25, 0.3) is 0 Å². The Balaban J connectivity index is 3.25. The smallest absolute Gasteiger partial charge is 0.373 e. The van der Waals surface area contributed by atoms with Crippen LogP contribution in [-0.4, -0.2) is 14.2 Å². The molecule has 0 saturated heterocycles. The molecule has 0 spiro atoms. The molecule has 3 nitrogen and oxygen atoms in total. The van der Waals surface area contributed by atoms with E-state index in [9.17, 15) is 0 Å². The lowest BCUT2D eigenvalue weighted by atomic mass is 11.3. The van der Waals surface area contributed by atoms with E-state index >= 15 is 0 Å². The lowest BCUT2D eigenvalue weighted by molar-refractivity contribution is 0.266. The van der Waals surface area contributed by atoms with Crippen molar-refractivity contribution in [3.63, 3.8) is 0 Å².